The summed E-state index contributed by atoms with van der Waals surface area (Å²) in [7, 11) is 0. The minimum atomic E-state index is -0.267. The minimum Gasteiger partial charge on any atom is -0.366 e. The van der Waals surface area contributed by atoms with Crippen molar-refractivity contribution in [2.45, 2.75) is 32.4 Å². The Morgan fingerprint density at radius 1 is 1.33 bits per heavy atom. The molecule has 1 atom stereocenters. The Balaban J connectivity index is 1.66. The van der Waals surface area contributed by atoms with E-state index >= 15 is 0 Å². The molecule has 1 saturated carbocycles. The van der Waals surface area contributed by atoms with Crippen LogP contribution in [0.1, 0.15) is 43.1 Å². The number of nitrogens with zero attached hydrogens (tertiary/aromatic N) is 2. The molecule has 112 valence electrons. The van der Waals surface area contributed by atoms with Gasteiger partial charge in [-0.05, 0) is 37.8 Å². The third-order valence-electron chi connectivity index (χ3n) is 3.56. The Hall–Kier alpha value is -1.72. The number of benzene rings is 1. The van der Waals surface area contributed by atoms with Gasteiger partial charge in [-0.1, -0.05) is 35.5 Å². The van der Waals surface area contributed by atoms with Crippen molar-refractivity contribution in [1.29, 1.82) is 0 Å². The maximum Gasteiger partial charge on any atom is 0.240 e. The fraction of sp³-hybridized carbons (Fsp3) is 0.500. The van der Waals surface area contributed by atoms with Gasteiger partial charge in [0, 0.05) is 6.61 Å². The van der Waals surface area contributed by atoms with Gasteiger partial charge >= 0.3 is 0 Å². The zero-order chi connectivity index (χ0) is 14.5. The zero-order valence-corrected chi connectivity index (χ0v) is 12.3. The summed E-state index contributed by atoms with van der Waals surface area (Å²) in [6.45, 7) is 4.22. The molecule has 0 spiro atoms. The van der Waals surface area contributed by atoms with Crippen LogP contribution >= 0.6 is 0 Å². The Kier molecular flexibility index (Phi) is 4.62. The van der Waals surface area contributed by atoms with Gasteiger partial charge in [-0.2, -0.15) is 4.98 Å². The lowest BCUT2D eigenvalue weighted by Crippen LogP contribution is -2.16. The maximum absolute atomic E-state index is 5.77. The lowest BCUT2D eigenvalue weighted by molar-refractivity contribution is 0.0833. The van der Waals surface area contributed by atoms with Crippen LogP contribution in [0.4, 0.5) is 0 Å². The second-order valence-corrected chi connectivity index (χ2v) is 5.37. The topological polar surface area (TPSA) is 60.2 Å². The number of hydrogen-bond acceptors (Lipinski definition) is 5. The first-order valence-electron chi connectivity index (χ1n) is 7.56. The Bertz CT molecular complexity index is 552. The van der Waals surface area contributed by atoms with E-state index in [4.69, 9.17) is 9.26 Å². The van der Waals surface area contributed by atoms with E-state index in [1.54, 1.807) is 0 Å². The zero-order valence-electron chi connectivity index (χ0n) is 12.3. The Morgan fingerprint density at radius 3 is 2.86 bits per heavy atom. The third-order valence-corrected chi connectivity index (χ3v) is 3.56. The van der Waals surface area contributed by atoms with Gasteiger partial charge in [0.15, 0.2) is 0 Å². The van der Waals surface area contributed by atoms with Crippen molar-refractivity contribution in [3.05, 3.63) is 47.6 Å². The van der Waals surface area contributed by atoms with Crippen LogP contribution in [0.15, 0.2) is 34.9 Å². The third kappa shape index (κ3) is 3.89. The number of ether oxygens (including phenoxy) is 1. The normalized spacial score (nSPS) is 16.0. The number of aromatic nitrogens is 2. The van der Waals surface area contributed by atoms with Gasteiger partial charge in [-0.15, -0.1) is 0 Å². The standard InChI is InChI=1S/C16H21N3O2/c1-2-20-15(13-6-4-3-5-7-13)16-18-14(21-19-16)11-17-10-12-8-9-12/h3-7,12,15,17H,2,8-11H2,1H3. The van der Waals surface area contributed by atoms with Gasteiger partial charge in [-0.25, -0.2) is 0 Å². The van der Waals surface area contributed by atoms with Crippen molar-refractivity contribution in [2.75, 3.05) is 13.2 Å². The molecule has 0 aliphatic heterocycles. The van der Waals surface area contributed by atoms with Crippen molar-refractivity contribution in [1.82, 2.24) is 15.5 Å². The number of nitrogens with one attached hydrogen (secondary N) is 1. The molecule has 5 heteroatoms. The van der Waals surface area contributed by atoms with Crippen LogP contribution in [0.25, 0.3) is 0 Å². The van der Waals surface area contributed by atoms with E-state index in [0.29, 0.717) is 24.9 Å². The lowest BCUT2D eigenvalue weighted by atomic mass is 10.1. The van der Waals surface area contributed by atoms with Crippen LogP contribution in [0.3, 0.4) is 0 Å². The molecule has 0 bridgehead atoms. The Morgan fingerprint density at radius 2 is 2.14 bits per heavy atom. The minimum absolute atomic E-state index is 0.267. The summed E-state index contributed by atoms with van der Waals surface area (Å²) < 4.78 is 11.1. The molecule has 1 aromatic carbocycles. The first kappa shape index (κ1) is 14.2. The largest absolute Gasteiger partial charge is 0.366 e. The molecule has 1 aromatic heterocycles. The molecule has 1 aliphatic carbocycles. The molecular formula is C16H21N3O2. The molecule has 1 unspecified atom stereocenters. The van der Waals surface area contributed by atoms with Crippen LogP contribution in [0.2, 0.25) is 0 Å². The van der Waals surface area contributed by atoms with Crippen LogP contribution in [0, 0.1) is 5.92 Å². The summed E-state index contributed by atoms with van der Waals surface area (Å²) in [5, 5.41) is 7.42. The highest BCUT2D eigenvalue weighted by Gasteiger charge is 2.22. The average molecular weight is 287 g/mol. The summed E-state index contributed by atoms with van der Waals surface area (Å²) in [6.07, 6.45) is 2.41. The van der Waals surface area contributed by atoms with Crippen molar-refractivity contribution >= 4 is 0 Å². The second kappa shape index (κ2) is 6.83. The maximum atomic E-state index is 5.77. The molecule has 21 heavy (non-hydrogen) atoms. The number of hydrogen-bond donors (Lipinski definition) is 1. The predicted octanol–water partition coefficient (Wildman–Crippen LogP) is 2.70. The summed E-state index contributed by atoms with van der Waals surface area (Å²) in [5.41, 5.74) is 1.04. The van der Waals surface area contributed by atoms with E-state index in [1.807, 2.05) is 37.3 Å². The molecule has 5 nitrogen and oxygen atoms in total. The van der Waals surface area contributed by atoms with Crippen molar-refractivity contribution in [3.8, 4) is 0 Å². The van der Waals surface area contributed by atoms with Gasteiger partial charge in [0.1, 0.15) is 6.10 Å². The molecule has 1 N–H and O–H groups in total. The smallest absolute Gasteiger partial charge is 0.240 e. The molecular weight excluding hydrogens is 266 g/mol. The van der Waals surface area contributed by atoms with E-state index in [2.05, 4.69) is 15.5 Å². The van der Waals surface area contributed by atoms with Gasteiger partial charge in [0.2, 0.25) is 11.7 Å². The molecule has 0 saturated heterocycles. The fourth-order valence-corrected chi connectivity index (χ4v) is 2.27. The quantitative estimate of drug-likeness (QED) is 0.809. The summed E-state index contributed by atoms with van der Waals surface area (Å²) in [6, 6.07) is 9.98. The summed E-state index contributed by atoms with van der Waals surface area (Å²) in [5.74, 6) is 2.05. The first-order chi connectivity index (χ1) is 10.4. The molecule has 1 aliphatic rings. The van der Waals surface area contributed by atoms with Gasteiger partial charge in [-0.3, -0.25) is 0 Å². The van der Waals surface area contributed by atoms with Gasteiger partial charge in [0.05, 0.1) is 6.54 Å². The summed E-state index contributed by atoms with van der Waals surface area (Å²) >= 11 is 0. The van der Waals surface area contributed by atoms with Crippen molar-refractivity contribution < 1.29 is 9.26 Å². The van der Waals surface area contributed by atoms with Crippen molar-refractivity contribution in [2.24, 2.45) is 5.92 Å². The van der Waals surface area contributed by atoms with Crippen molar-refractivity contribution in [3.63, 3.8) is 0 Å². The van der Waals surface area contributed by atoms with E-state index in [0.717, 1.165) is 18.0 Å². The highest BCUT2D eigenvalue weighted by Crippen LogP contribution is 2.27. The number of rotatable bonds is 8. The molecule has 0 radical (unpaired) electrons. The van der Waals surface area contributed by atoms with E-state index in [1.165, 1.54) is 12.8 Å². The SMILES string of the molecule is CCOC(c1ccccc1)c1noc(CNCC2CC2)n1. The van der Waals surface area contributed by atoms with Crippen LogP contribution in [-0.4, -0.2) is 23.3 Å². The molecule has 1 fully saturated rings. The van der Waals surface area contributed by atoms with Crippen LogP contribution < -0.4 is 5.32 Å². The molecule has 1 heterocycles. The molecule has 2 aromatic rings. The second-order valence-electron chi connectivity index (χ2n) is 5.37. The predicted molar refractivity (Wildman–Crippen MR) is 78.6 cm³/mol. The van der Waals surface area contributed by atoms with Gasteiger partial charge < -0.3 is 14.6 Å². The molecule has 0 amide bonds. The first-order valence-corrected chi connectivity index (χ1v) is 7.56. The van der Waals surface area contributed by atoms with E-state index < -0.39 is 0 Å². The van der Waals surface area contributed by atoms with Gasteiger partial charge in [0.25, 0.3) is 0 Å². The average Bonchev–Trinajstić information content (AvgIpc) is 3.23. The highest BCUT2D eigenvalue weighted by atomic mass is 16.5. The lowest BCUT2D eigenvalue weighted by Gasteiger charge is -2.13. The van der Waals surface area contributed by atoms with Crippen LogP contribution in [-0.2, 0) is 11.3 Å². The highest BCUT2D eigenvalue weighted by molar-refractivity contribution is 5.22. The van der Waals surface area contributed by atoms with E-state index in [9.17, 15) is 0 Å². The van der Waals surface area contributed by atoms with Crippen LogP contribution in [0.5, 0.6) is 0 Å². The Labute approximate surface area is 124 Å². The molecule has 3 rings (SSSR count). The van der Waals surface area contributed by atoms with E-state index in [-0.39, 0.29) is 6.10 Å². The summed E-state index contributed by atoms with van der Waals surface area (Å²) in [4.78, 5) is 4.46. The monoisotopic (exact) mass is 287 g/mol. The fourth-order valence-electron chi connectivity index (χ4n) is 2.27.